The van der Waals surface area contributed by atoms with Gasteiger partial charge in [-0.1, -0.05) is 39.0 Å². The molecule has 1 aromatic heterocycles. The Hall–Kier alpha value is -4.90. The lowest BCUT2D eigenvalue weighted by Crippen LogP contribution is -2.44. The van der Waals surface area contributed by atoms with Crippen LogP contribution in [0.3, 0.4) is 0 Å². The molecule has 1 aliphatic rings. The normalized spacial score (nSPS) is 13.7. The second-order valence-corrected chi connectivity index (χ2v) is 16.3. The molecular weight excluding hydrogens is 762 g/mol. The Morgan fingerprint density at radius 1 is 0.855 bits per heavy atom. The summed E-state index contributed by atoms with van der Waals surface area (Å²) in [5, 5.41) is 9.66. The zero-order valence-corrected chi connectivity index (χ0v) is 30.9. The summed E-state index contributed by atoms with van der Waals surface area (Å²) in [6.07, 6.45) is -2.00. The van der Waals surface area contributed by atoms with Crippen LogP contribution in [0.1, 0.15) is 88.8 Å². The van der Waals surface area contributed by atoms with Gasteiger partial charge in [-0.15, -0.1) is 0 Å². The maximum absolute atomic E-state index is 15.1. The number of carboxylic acids is 1. The number of sulfonamides is 1. The molecule has 0 spiro atoms. The Bertz CT molecular complexity index is 2250. The van der Waals surface area contributed by atoms with Crippen LogP contribution in [0.5, 0.6) is 0 Å². The van der Waals surface area contributed by atoms with E-state index >= 15 is 8.78 Å². The van der Waals surface area contributed by atoms with Crippen molar-refractivity contribution in [1.29, 1.82) is 0 Å². The quantitative estimate of drug-likeness (QED) is 0.0925. The van der Waals surface area contributed by atoms with Crippen LogP contribution in [0.15, 0.2) is 53.7 Å². The number of carbonyl (C=O) groups excluding carboxylic acids is 1. The summed E-state index contributed by atoms with van der Waals surface area (Å²) >= 11 is 0. The highest BCUT2D eigenvalue weighted by molar-refractivity contribution is 7.89. The minimum atomic E-state index is -6.03. The molecule has 0 bridgehead atoms. The molecule has 3 aromatic carbocycles. The average molecular weight is 798 g/mol. The molecule has 55 heavy (non-hydrogen) atoms. The lowest BCUT2D eigenvalue weighted by atomic mass is 9.84. The van der Waals surface area contributed by atoms with Gasteiger partial charge in [-0.3, -0.25) is 9.78 Å². The summed E-state index contributed by atoms with van der Waals surface area (Å²) in [5.74, 6) is -15.8. The fourth-order valence-electron chi connectivity index (χ4n) is 6.30. The molecule has 5 rings (SSSR count). The molecule has 4 aromatic rings. The second kappa shape index (κ2) is 15.0. The highest BCUT2D eigenvalue weighted by Gasteiger charge is 2.41. The number of aromatic carboxylic acids is 1. The molecule has 0 saturated heterocycles. The number of pyridine rings is 1. The number of aryl methyl sites for hydroxylation is 2. The number of hydrogen-bond donors (Lipinski definition) is 1. The summed E-state index contributed by atoms with van der Waals surface area (Å²) in [6, 6.07) is 8.61. The molecule has 294 valence electrons. The van der Waals surface area contributed by atoms with Gasteiger partial charge in [-0.25, -0.2) is 35.2 Å². The lowest BCUT2D eigenvalue weighted by Gasteiger charge is -2.31. The second-order valence-electron chi connectivity index (χ2n) is 14.4. The van der Waals surface area contributed by atoms with E-state index in [2.05, 4.69) is 4.98 Å². The fraction of sp³-hybridized carbons (Fsp3) is 0.342. The fourth-order valence-corrected chi connectivity index (χ4v) is 7.78. The number of nitrogens with zero attached hydrogens (tertiary/aromatic N) is 3. The predicted octanol–water partition coefficient (Wildman–Crippen LogP) is 8.71. The van der Waals surface area contributed by atoms with Crippen LogP contribution < -0.4 is 4.90 Å². The molecule has 1 aliphatic carbocycles. The van der Waals surface area contributed by atoms with Crippen LogP contribution >= 0.6 is 0 Å². The predicted molar refractivity (Wildman–Crippen MR) is 184 cm³/mol. The summed E-state index contributed by atoms with van der Waals surface area (Å²) in [4.78, 5) is 28.7. The van der Waals surface area contributed by atoms with Gasteiger partial charge in [-0.2, -0.15) is 17.5 Å². The van der Waals surface area contributed by atoms with Gasteiger partial charge < -0.3 is 10.0 Å². The summed E-state index contributed by atoms with van der Waals surface area (Å²) < 4.78 is 143. The van der Waals surface area contributed by atoms with Gasteiger partial charge in [0.05, 0.1) is 24.2 Å². The molecule has 0 unspecified atom stereocenters. The molecule has 0 aliphatic heterocycles. The number of anilines is 1. The number of carbonyl (C=O) groups is 2. The molecule has 1 fully saturated rings. The first-order valence-corrected chi connectivity index (χ1v) is 18.2. The first kappa shape index (κ1) is 41.3. The largest absolute Gasteiger partial charge is 0.478 e. The zero-order chi connectivity index (χ0) is 40.9. The lowest BCUT2D eigenvalue weighted by molar-refractivity contribution is -0.138. The SMILES string of the molecule is Cc1cc(C(=O)O)cc(C)c1N(Cc1cc(C2CC2)cc(C(C)(C)C)c1)C(=O)CN(Cc1cnccc1C(F)(F)F)S(=O)(=O)c1c(F)c(F)c(F)c(F)c1F. The Morgan fingerprint density at radius 3 is 1.93 bits per heavy atom. The third-order valence-corrected chi connectivity index (χ3v) is 11.0. The highest BCUT2D eigenvalue weighted by Crippen LogP contribution is 2.42. The third kappa shape index (κ3) is 8.52. The highest BCUT2D eigenvalue weighted by atomic mass is 32.2. The Morgan fingerprint density at radius 2 is 1.42 bits per heavy atom. The number of halogens is 8. The van der Waals surface area contributed by atoms with Crippen molar-refractivity contribution in [3.05, 3.63) is 122 Å². The van der Waals surface area contributed by atoms with Crippen molar-refractivity contribution in [3.8, 4) is 0 Å². The number of amides is 1. The number of hydrogen-bond acceptors (Lipinski definition) is 5. The van der Waals surface area contributed by atoms with Crippen LogP contribution in [0, 0.1) is 42.9 Å². The summed E-state index contributed by atoms with van der Waals surface area (Å²) in [5.41, 5.74) is -0.0525. The van der Waals surface area contributed by atoms with Gasteiger partial charge in [0, 0.05) is 24.6 Å². The van der Waals surface area contributed by atoms with Crippen LogP contribution in [0.25, 0.3) is 0 Å². The van der Waals surface area contributed by atoms with Crippen molar-refractivity contribution in [2.75, 3.05) is 11.4 Å². The monoisotopic (exact) mass is 797 g/mol. The van der Waals surface area contributed by atoms with Gasteiger partial charge in [0.15, 0.2) is 28.2 Å². The summed E-state index contributed by atoms with van der Waals surface area (Å²) in [6.45, 7) is 5.55. The maximum Gasteiger partial charge on any atom is 0.416 e. The summed E-state index contributed by atoms with van der Waals surface area (Å²) in [7, 11) is -6.03. The number of alkyl halides is 3. The third-order valence-electron chi connectivity index (χ3n) is 9.21. The number of aromatic nitrogens is 1. The maximum atomic E-state index is 15.1. The Kier molecular flexibility index (Phi) is 11.2. The standard InChI is InChI=1S/C38H35F8N3O5S/c1-19-10-24(36(51)52)11-20(2)34(19)49(16-21-12-23(22-6-7-22)14-26(13-21)37(3,4)5)28(50)18-48(17-25-15-47-9-8-27(25)38(44,45)46)55(53,54)35-32(42)30(40)29(39)31(41)33(35)43/h8-15,22H,6-7,16-18H2,1-5H3,(H,51,52). The van der Waals surface area contributed by atoms with E-state index in [0.29, 0.717) is 17.8 Å². The van der Waals surface area contributed by atoms with Gasteiger partial charge in [0.25, 0.3) is 0 Å². The van der Waals surface area contributed by atoms with E-state index in [1.54, 1.807) is 6.07 Å². The molecule has 0 radical (unpaired) electrons. The zero-order valence-electron chi connectivity index (χ0n) is 30.1. The van der Waals surface area contributed by atoms with Crippen molar-refractivity contribution in [2.24, 2.45) is 0 Å². The smallest absolute Gasteiger partial charge is 0.416 e. The van der Waals surface area contributed by atoms with E-state index < -0.39 is 86.3 Å². The number of rotatable bonds is 11. The van der Waals surface area contributed by atoms with Crippen LogP contribution in [0.2, 0.25) is 0 Å². The number of benzene rings is 3. The van der Waals surface area contributed by atoms with Crippen molar-refractivity contribution in [2.45, 2.75) is 83.0 Å². The van der Waals surface area contributed by atoms with E-state index in [-0.39, 0.29) is 44.6 Å². The molecule has 8 nitrogen and oxygen atoms in total. The van der Waals surface area contributed by atoms with Crippen molar-refractivity contribution in [1.82, 2.24) is 9.29 Å². The molecule has 17 heteroatoms. The van der Waals surface area contributed by atoms with Gasteiger partial charge in [0.1, 0.15) is 0 Å². The molecule has 1 amide bonds. The average Bonchev–Trinajstić information content (AvgIpc) is 3.94. The van der Waals surface area contributed by atoms with E-state index in [9.17, 15) is 49.5 Å². The Balaban J connectivity index is 1.71. The van der Waals surface area contributed by atoms with E-state index in [1.165, 1.54) is 26.0 Å². The first-order chi connectivity index (χ1) is 25.4. The molecular formula is C38H35F8N3O5S. The molecule has 0 atom stereocenters. The van der Waals surface area contributed by atoms with Crippen molar-refractivity contribution >= 4 is 27.6 Å². The van der Waals surface area contributed by atoms with Crippen LogP contribution in [0.4, 0.5) is 40.8 Å². The number of carboxylic acid groups (broad SMARTS) is 1. The molecule has 1 saturated carbocycles. The van der Waals surface area contributed by atoms with Crippen LogP contribution in [-0.2, 0) is 39.5 Å². The molecule has 1 heterocycles. The Labute approximate surface area is 311 Å². The van der Waals surface area contributed by atoms with Crippen molar-refractivity contribution < 1.29 is 58.2 Å². The minimum absolute atomic E-state index is 0.0788. The molecule has 1 N–H and O–H groups in total. The van der Waals surface area contributed by atoms with Gasteiger partial charge in [-0.05, 0) is 89.6 Å². The van der Waals surface area contributed by atoms with E-state index in [4.69, 9.17) is 0 Å². The van der Waals surface area contributed by atoms with E-state index in [0.717, 1.165) is 35.1 Å². The van der Waals surface area contributed by atoms with Gasteiger partial charge >= 0.3 is 12.1 Å². The first-order valence-electron chi connectivity index (χ1n) is 16.7. The topological polar surface area (TPSA) is 108 Å². The van der Waals surface area contributed by atoms with Gasteiger partial charge in [0.2, 0.25) is 21.7 Å². The van der Waals surface area contributed by atoms with E-state index in [1.807, 2.05) is 32.9 Å². The van der Waals surface area contributed by atoms with Crippen LogP contribution in [-0.4, -0.2) is 41.2 Å². The van der Waals surface area contributed by atoms with Crippen molar-refractivity contribution in [3.63, 3.8) is 0 Å². The minimum Gasteiger partial charge on any atom is -0.478 e.